The fourth-order valence-electron chi connectivity index (χ4n) is 3.93. The van der Waals surface area contributed by atoms with Gasteiger partial charge in [-0.2, -0.15) is 0 Å². The van der Waals surface area contributed by atoms with Crippen LogP contribution in [0.15, 0.2) is 4.99 Å². The van der Waals surface area contributed by atoms with E-state index in [9.17, 15) is 0 Å². The minimum atomic E-state index is 0. The molecule has 0 amide bonds. The molecule has 0 spiro atoms. The van der Waals surface area contributed by atoms with Gasteiger partial charge in [0.2, 0.25) is 0 Å². The number of halogens is 1. The van der Waals surface area contributed by atoms with Crippen molar-refractivity contribution in [1.29, 1.82) is 0 Å². The van der Waals surface area contributed by atoms with Gasteiger partial charge in [0.1, 0.15) is 12.4 Å². The summed E-state index contributed by atoms with van der Waals surface area (Å²) < 4.78 is 1.99. The Morgan fingerprint density at radius 3 is 2.65 bits per heavy atom. The zero-order valence-corrected chi connectivity index (χ0v) is 18.7. The number of likely N-dealkylation sites (tertiary alicyclic amines) is 1. The van der Waals surface area contributed by atoms with Crippen LogP contribution in [-0.4, -0.2) is 57.8 Å². The van der Waals surface area contributed by atoms with Crippen molar-refractivity contribution in [2.75, 3.05) is 26.2 Å². The monoisotopic (exact) mass is 475 g/mol. The summed E-state index contributed by atoms with van der Waals surface area (Å²) in [5.41, 5.74) is 0. The maximum Gasteiger partial charge on any atom is 0.191 e. The molecule has 0 bridgehead atoms. The largest absolute Gasteiger partial charge is 0.357 e. The second-order valence-corrected chi connectivity index (χ2v) is 7.46. The van der Waals surface area contributed by atoms with Crippen LogP contribution in [0.25, 0.3) is 0 Å². The number of guanidine groups is 1. The predicted molar refractivity (Wildman–Crippen MR) is 116 cm³/mol. The van der Waals surface area contributed by atoms with Crippen LogP contribution in [0.1, 0.15) is 50.7 Å². The molecular weight excluding hydrogens is 441 g/mol. The molecule has 1 saturated carbocycles. The summed E-state index contributed by atoms with van der Waals surface area (Å²) in [6, 6.07) is 0.487. The van der Waals surface area contributed by atoms with Gasteiger partial charge in [-0.05, 0) is 39.0 Å². The molecule has 3 rings (SSSR count). The number of aryl methyl sites for hydroxylation is 1. The molecule has 1 unspecified atom stereocenters. The van der Waals surface area contributed by atoms with E-state index in [1.165, 1.54) is 45.2 Å². The van der Waals surface area contributed by atoms with Crippen molar-refractivity contribution in [3.63, 3.8) is 0 Å². The summed E-state index contributed by atoms with van der Waals surface area (Å²) in [5, 5.41) is 15.3. The first-order valence-electron chi connectivity index (χ1n) is 9.77. The average Bonchev–Trinajstić information content (AvgIpc) is 3.32. The second kappa shape index (κ2) is 10.4. The Morgan fingerprint density at radius 2 is 2.00 bits per heavy atom. The van der Waals surface area contributed by atoms with E-state index in [1.807, 2.05) is 18.5 Å². The van der Waals surface area contributed by atoms with Crippen molar-refractivity contribution in [3.8, 4) is 0 Å². The van der Waals surface area contributed by atoms with E-state index in [4.69, 9.17) is 4.99 Å². The molecule has 148 valence electrons. The van der Waals surface area contributed by atoms with Crippen LogP contribution in [0.5, 0.6) is 0 Å². The molecular formula is C18H34IN7. The van der Waals surface area contributed by atoms with Crippen LogP contribution in [0.2, 0.25) is 0 Å². The molecule has 8 heteroatoms. The number of nitrogens with one attached hydrogen (secondary N) is 2. The fraction of sp³-hybridized carbons (Fsp3) is 0.833. The molecule has 2 aliphatic rings. The highest BCUT2D eigenvalue weighted by atomic mass is 127. The highest BCUT2D eigenvalue weighted by Gasteiger charge is 2.26. The van der Waals surface area contributed by atoms with Crippen LogP contribution in [0.4, 0.5) is 0 Å². The summed E-state index contributed by atoms with van der Waals surface area (Å²) in [6.07, 6.45) is 6.91. The molecule has 1 atom stereocenters. The molecule has 26 heavy (non-hydrogen) atoms. The van der Waals surface area contributed by atoms with Crippen molar-refractivity contribution >= 4 is 29.9 Å². The third kappa shape index (κ3) is 5.80. The van der Waals surface area contributed by atoms with Crippen molar-refractivity contribution in [3.05, 3.63) is 11.6 Å². The van der Waals surface area contributed by atoms with Crippen molar-refractivity contribution in [1.82, 2.24) is 30.3 Å². The zero-order valence-electron chi connectivity index (χ0n) is 16.4. The van der Waals surface area contributed by atoms with E-state index >= 15 is 0 Å². The number of hydrogen-bond donors (Lipinski definition) is 2. The summed E-state index contributed by atoms with van der Waals surface area (Å²) in [7, 11) is 1.98. The van der Waals surface area contributed by atoms with E-state index < -0.39 is 0 Å². The van der Waals surface area contributed by atoms with Gasteiger partial charge in [-0.25, -0.2) is 4.99 Å². The van der Waals surface area contributed by atoms with E-state index in [0.717, 1.165) is 36.6 Å². The van der Waals surface area contributed by atoms with Gasteiger partial charge in [0.15, 0.2) is 11.8 Å². The quantitative estimate of drug-likeness (QED) is 0.375. The molecule has 2 heterocycles. The lowest BCUT2D eigenvalue weighted by atomic mass is 10.1. The third-order valence-electron chi connectivity index (χ3n) is 5.51. The maximum absolute atomic E-state index is 4.70. The first kappa shape index (κ1) is 21.4. The van der Waals surface area contributed by atoms with Gasteiger partial charge < -0.3 is 20.1 Å². The average molecular weight is 475 g/mol. The molecule has 2 fully saturated rings. The summed E-state index contributed by atoms with van der Waals surface area (Å²) >= 11 is 0. The predicted octanol–water partition coefficient (Wildman–Crippen LogP) is 2.06. The SMILES string of the molecule is CCNC(=NCc1nnc(C)n1C)NC1CCN(CC2CCCC2)C1.I. The van der Waals surface area contributed by atoms with Gasteiger partial charge in [0, 0.05) is 39.3 Å². The third-order valence-corrected chi connectivity index (χ3v) is 5.51. The summed E-state index contributed by atoms with van der Waals surface area (Å²) in [4.78, 5) is 7.33. The first-order valence-corrected chi connectivity index (χ1v) is 9.77. The number of hydrogen-bond acceptors (Lipinski definition) is 4. The summed E-state index contributed by atoms with van der Waals surface area (Å²) in [5.74, 6) is 3.63. The standard InChI is InChI=1S/C18H33N7.HI/c1-4-19-18(20-11-17-23-22-14(2)24(17)3)21-16-9-10-25(13-16)12-15-7-5-6-8-15;/h15-16H,4-13H2,1-3H3,(H2,19,20,21);1H. The Kier molecular flexibility index (Phi) is 8.59. The van der Waals surface area contributed by atoms with Gasteiger partial charge in [0.25, 0.3) is 0 Å². The van der Waals surface area contributed by atoms with Gasteiger partial charge in [-0.1, -0.05) is 12.8 Å². The smallest absolute Gasteiger partial charge is 0.191 e. The Hall–Kier alpha value is -0.900. The highest BCUT2D eigenvalue weighted by Crippen LogP contribution is 2.26. The lowest BCUT2D eigenvalue weighted by molar-refractivity contribution is 0.275. The van der Waals surface area contributed by atoms with E-state index in [1.54, 1.807) is 0 Å². The van der Waals surface area contributed by atoms with Crippen LogP contribution >= 0.6 is 24.0 Å². The van der Waals surface area contributed by atoms with E-state index in [-0.39, 0.29) is 24.0 Å². The van der Waals surface area contributed by atoms with Crippen LogP contribution in [0, 0.1) is 12.8 Å². The Balaban J connectivity index is 0.00000243. The molecule has 1 aliphatic carbocycles. The van der Waals surface area contributed by atoms with Gasteiger partial charge in [-0.3, -0.25) is 0 Å². The van der Waals surface area contributed by atoms with Crippen molar-refractivity contribution < 1.29 is 0 Å². The Morgan fingerprint density at radius 1 is 1.23 bits per heavy atom. The molecule has 1 aromatic rings. The molecule has 0 aromatic carbocycles. The van der Waals surface area contributed by atoms with Gasteiger partial charge >= 0.3 is 0 Å². The van der Waals surface area contributed by atoms with Crippen molar-refractivity contribution in [2.45, 2.75) is 58.5 Å². The number of rotatable bonds is 6. The molecule has 1 aliphatic heterocycles. The number of aromatic nitrogens is 3. The lowest BCUT2D eigenvalue weighted by Gasteiger charge is -2.21. The van der Waals surface area contributed by atoms with Gasteiger partial charge in [-0.15, -0.1) is 34.2 Å². The van der Waals surface area contributed by atoms with Crippen LogP contribution < -0.4 is 10.6 Å². The molecule has 2 N–H and O–H groups in total. The first-order chi connectivity index (χ1) is 12.2. The normalized spacial score (nSPS) is 21.8. The summed E-state index contributed by atoms with van der Waals surface area (Å²) in [6.45, 7) is 9.09. The Labute approximate surface area is 174 Å². The fourth-order valence-corrected chi connectivity index (χ4v) is 3.93. The highest BCUT2D eigenvalue weighted by molar-refractivity contribution is 14.0. The van der Waals surface area contributed by atoms with Crippen molar-refractivity contribution in [2.24, 2.45) is 18.0 Å². The van der Waals surface area contributed by atoms with E-state index in [2.05, 4.69) is 32.7 Å². The van der Waals surface area contributed by atoms with Gasteiger partial charge in [0.05, 0.1) is 0 Å². The van der Waals surface area contributed by atoms with E-state index in [0.29, 0.717) is 12.6 Å². The zero-order chi connectivity index (χ0) is 17.6. The number of nitrogens with zero attached hydrogens (tertiary/aromatic N) is 5. The molecule has 1 aromatic heterocycles. The van der Waals surface area contributed by atoms with Crippen LogP contribution in [0.3, 0.4) is 0 Å². The second-order valence-electron chi connectivity index (χ2n) is 7.46. The van der Waals surface area contributed by atoms with Crippen LogP contribution in [-0.2, 0) is 13.6 Å². The Bertz CT molecular complexity index is 580. The minimum absolute atomic E-state index is 0. The number of aliphatic imine (C=N–C) groups is 1. The molecule has 1 saturated heterocycles. The lowest BCUT2D eigenvalue weighted by Crippen LogP contribution is -2.44. The molecule has 0 radical (unpaired) electrons. The molecule has 7 nitrogen and oxygen atoms in total. The minimum Gasteiger partial charge on any atom is -0.357 e. The maximum atomic E-state index is 4.70. The topological polar surface area (TPSA) is 70.4 Å².